The van der Waals surface area contributed by atoms with Crippen molar-refractivity contribution in [2.45, 2.75) is 12.8 Å². The van der Waals surface area contributed by atoms with Crippen LogP contribution in [-0.4, -0.2) is 11.6 Å². The number of nitriles is 1. The Hall–Kier alpha value is -2.08. The first kappa shape index (κ1) is 11.4. The van der Waals surface area contributed by atoms with Crippen LogP contribution in [0.5, 0.6) is 5.75 Å². The van der Waals surface area contributed by atoms with E-state index in [4.69, 9.17) is 10.00 Å². The fourth-order valence-corrected chi connectivity index (χ4v) is 1.73. The molecule has 1 aliphatic rings. The fourth-order valence-electron chi connectivity index (χ4n) is 1.73. The molecule has 1 heterocycles. The maximum atomic E-state index is 8.92. The lowest BCUT2D eigenvalue weighted by Gasteiger charge is -2.14. The molecule has 1 aromatic rings. The van der Waals surface area contributed by atoms with E-state index in [0.717, 1.165) is 12.8 Å². The van der Waals surface area contributed by atoms with Gasteiger partial charge in [0.2, 0.25) is 0 Å². The summed E-state index contributed by atoms with van der Waals surface area (Å²) in [7, 11) is 0. The molecule has 0 radical (unpaired) electrons. The third-order valence-corrected chi connectivity index (χ3v) is 2.70. The van der Waals surface area contributed by atoms with Crippen LogP contribution in [0.25, 0.3) is 0 Å². The first-order chi connectivity index (χ1) is 8.40. The Morgan fingerprint density at radius 1 is 1.35 bits per heavy atom. The van der Waals surface area contributed by atoms with Gasteiger partial charge in [-0.15, -0.1) is 0 Å². The first-order valence-electron chi connectivity index (χ1n) is 5.68. The van der Waals surface area contributed by atoms with Crippen LogP contribution >= 0.6 is 0 Å². The van der Waals surface area contributed by atoms with Gasteiger partial charge in [0.15, 0.2) is 5.75 Å². The van der Waals surface area contributed by atoms with E-state index in [1.54, 1.807) is 18.5 Å². The van der Waals surface area contributed by atoms with Crippen molar-refractivity contribution in [3.8, 4) is 11.8 Å². The van der Waals surface area contributed by atoms with Gasteiger partial charge in [-0.2, -0.15) is 5.26 Å². The van der Waals surface area contributed by atoms with Gasteiger partial charge in [-0.25, -0.2) is 0 Å². The Morgan fingerprint density at radius 3 is 2.82 bits per heavy atom. The summed E-state index contributed by atoms with van der Waals surface area (Å²) in [6.45, 7) is 0.620. The summed E-state index contributed by atoms with van der Waals surface area (Å²) in [5, 5.41) is 8.92. The largest absolute Gasteiger partial charge is 0.490 e. The molecule has 3 nitrogen and oxygen atoms in total. The van der Waals surface area contributed by atoms with Crippen molar-refractivity contribution in [1.82, 2.24) is 4.98 Å². The molecule has 0 N–H and O–H groups in total. The maximum absolute atomic E-state index is 8.92. The summed E-state index contributed by atoms with van der Waals surface area (Å²) < 4.78 is 5.67. The molecule has 3 heteroatoms. The predicted octanol–water partition coefficient (Wildman–Crippen LogP) is 2.85. The first-order valence-corrected chi connectivity index (χ1v) is 5.68. The lowest BCUT2D eigenvalue weighted by molar-refractivity contribution is 0.250. The molecule has 0 saturated heterocycles. The molecule has 2 rings (SSSR count). The number of rotatable bonds is 3. The molecule has 0 amide bonds. The second-order valence-corrected chi connectivity index (χ2v) is 3.99. The highest BCUT2D eigenvalue weighted by Crippen LogP contribution is 2.19. The van der Waals surface area contributed by atoms with Gasteiger partial charge in [0.1, 0.15) is 6.07 Å². The predicted molar refractivity (Wildman–Crippen MR) is 65.5 cm³/mol. The monoisotopic (exact) mass is 226 g/mol. The van der Waals surface area contributed by atoms with Crippen LogP contribution in [0.3, 0.4) is 0 Å². The smallest absolute Gasteiger partial charge is 0.155 e. The molecule has 0 fully saturated rings. The molecule has 0 aliphatic heterocycles. The third kappa shape index (κ3) is 3.18. The van der Waals surface area contributed by atoms with Crippen LogP contribution < -0.4 is 4.74 Å². The zero-order valence-corrected chi connectivity index (χ0v) is 9.54. The SMILES string of the molecule is N#Cc1ccncc1OCC1CC=CC=CC1. The number of nitrogens with zero attached hydrogens (tertiary/aromatic N) is 2. The van der Waals surface area contributed by atoms with Crippen LogP contribution in [-0.2, 0) is 0 Å². The summed E-state index contributed by atoms with van der Waals surface area (Å²) in [4.78, 5) is 3.97. The van der Waals surface area contributed by atoms with E-state index in [0.29, 0.717) is 23.8 Å². The number of hydrogen-bond acceptors (Lipinski definition) is 3. The highest BCUT2D eigenvalue weighted by Gasteiger charge is 2.09. The van der Waals surface area contributed by atoms with Crippen molar-refractivity contribution in [2.75, 3.05) is 6.61 Å². The number of pyridine rings is 1. The minimum Gasteiger partial charge on any atom is -0.490 e. The van der Waals surface area contributed by atoms with Gasteiger partial charge < -0.3 is 4.74 Å². The molecule has 0 aromatic carbocycles. The standard InChI is InChI=1S/C14H14N2O/c15-9-13-7-8-16-10-14(13)17-11-12-5-3-1-2-4-6-12/h1-4,7-8,10,12H,5-6,11H2. The second kappa shape index (κ2) is 5.86. The van der Waals surface area contributed by atoms with Crippen LogP contribution in [0.1, 0.15) is 18.4 Å². The molecule has 86 valence electrons. The van der Waals surface area contributed by atoms with E-state index in [-0.39, 0.29) is 0 Å². The topological polar surface area (TPSA) is 45.9 Å². The van der Waals surface area contributed by atoms with E-state index in [1.807, 2.05) is 0 Å². The Labute approximate surface area is 101 Å². The van der Waals surface area contributed by atoms with E-state index in [2.05, 4.69) is 35.4 Å². The Bertz CT molecular complexity index is 457. The molecular weight excluding hydrogens is 212 g/mol. The van der Waals surface area contributed by atoms with Gasteiger partial charge >= 0.3 is 0 Å². The molecule has 1 aliphatic carbocycles. The second-order valence-electron chi connectivity index (χ2n) is 3.99. The van der Waals surface area contributed by atoms with Gasteiger partial charge in [-0.1, -0.05) is 24.3 Å². The molecular formula is C14H14N2O. The molecule has 0 atom stereocenters. The van der Waals surface area contributed by atoms with Gasteiger partial charge in [0.25, 0.3) is 0 Å². The average molecular weight is 226 g/mol. The highest BCUT2D eigenvalue weighted by molar-refractivity contribution is 5.40. The zero-order valence-electron chi connectivity index (χ0n) is 9.54. The van der Waals surface area contributed by atoms with Gasteiger partial charge in [-0.05, 0) is 24.8 Å². The summed E-state index contributed by atoms with van der Waals surface area (Å²) in [6.07, 6.45) is 13.6. The molecule has 0 saturated carbocycles. The summed E-state index contributed by atoms with van der Waals surface area (Å²) >= 11 is 0. The Kier molecular flexibility index (Phi) is 3.93. The van der Waals surface area contributed by atoms with Crippen LogP contribution in [0, 0.1) is 17.2 Å². The van der Waals surface area contributed by atoms with Crippen LogP contribution in [0.2, 0.25) is 0 Å². The normalized spacial score (nSPS) is 15.2. The zero-order chi connectivity index (χ0) is 11.9. The summed E-state index contributed by atoms with van der Waals surface area (Å²) in [6, 6.07) is 3.77. The molecule has 0 spiro atoms. The minimum atomic E-state index is 0.469. The average Bonchev–Trinajstić information content (AvgIpc) is 2.65. The number of ether oxygens (including phenoxy) is 1. The van der Waals surface area contributed by atoms with Gasteiger partial charge in [-0.3, -0.25) is 4.98 Å². The van der Waals surface area contributed by atoms with Crippen molar-refractivity contribution in [2.24, 2.45) is 5.92 Å². The Balaban J connectivity index is 1.95. The molecule has 0 bridgehead atoms. The fraction of sp³-hybridized carbons (Fsp3) is 0.286. The maximum Gasteiger partial charge on any atom is 0.155 e. The lowest BCUT2D eigenvalue weighted by Crippen LogP contribution is -2.11. The van der Waals surface area contributed by atoms with E-state index >= 15 is 0 Å². The van der Waals surface area contributed by atoms with Gasteiger partial charge in [0.05, 0.1) is 18.4 Å². The van der Waals surface area contributed by atoms with Crippen molar-refractivity contribution < 1.29 is 4.74 Å². The van der Waals surface area contributed by atoms with E-state index in [9.17, 15) is 0 Å². The van der Waals surface area contributed by atoms with Crippen molar-refractivity contribution >= 4 is 0 Å². The van der Waals surface area contributed by atoms with E-state index in [1.165, 1.54) is 0 Å². The number of allylic oxidation sites excluding steroid dienone is 4. The van der Waals surface area contributed by atoms with Crippen molar-refractivity contribution in [1.29, 1.82) is 5.26 Å². The van der Waals surface area contributed by atoms with E-state index < -0.39 is 0 Å². The summed E-state index contributed by atoms with van der Waals surface area (Å²) in [5.74, 6) is 1.05. The van der Waals surface area contributed by atoms with Crippen LogP contribution in [0.15, 0.2) is 42.8 Å². The van der Waals surface area contributed by atoms with Gasteiger partial charge in [0, 0.05) is 6.20 Å². The number of aromatic nitrogens is 1. The molecule has 1 aromatic heterocycles. The molecule has 17 heavy (non-hydrogen) atoms. The van der Waals surface area contributed by atoms with Crippen molar-refractivity contribution in [3.63, 3.8) is 0 Å². The van der Waals surface area contributed by atoms with Crippen LogP contribution in [0.4, 0.5) is 0 Å². The third-order valence-electron chi connectivity index (χ3n) is 2.70. The highest BCUT2D eigenvalue weighted by atomic mass is 16.5. The molecule has 0 unspecified atom stereocenters. The van der Waals surface area contributed by atoms with Crippen molar-refractivity contribution in [3.05, 3.63) is 48.3 Å². The minimum absolute atomic E-state index is 0.469. The quantitative estimate of drug-likeness (QED) is 0.796. The Morgan fingerprint density at radius 2 is 2.12 bits per heavy atom. The lowest BCUT2D eigenvalue weighted by atomic mass is 10.0. The summed E-state index contributed by atoms with van der Waals surface area (Å²) in [5.41, 5.74) is 0.541. The number of hydrogen-bond donors (Lipinski definition) is 0.